The fourth-order valence-electron chi connectivity index (χ4n) is 4.32. The quantitative estimate of drug-likeness (QED) is 0.844. The van der Waals surface area contributed by atoms with Gasteiger partial charge in [-0.3, -0.25) is 9.69 Å². The van der Waals surface area contributed by atoms with Crippen LogP contribution in [0.3, 0.4) is 0 Å². The molecule has 1 aromatic carbocycles. The number of hydrogen-bond donors (Lipinski definition) is 1. The normalized spacial score (nSPS) is 28.0. The second-order valence-electron chi connectivity index (χ2n) is 7.49. The third-order valence-corrected chi connectivity index (χ3v) is 5.73. The summed E-state index contributed by atoms with van der Waals surface area (Å²) in [5.41, 5.74) is 1.05. The van der Waals surface area contributed by atoms with Crippen molar-refractivity contribution in [2.75, 3.05) is 38.2 Å². The predicted molar refractivity (Wildman–Crippen MR) is 96.4 cm³/mol. The Balaban J connectivity index is 1.40. The molecule has 0 spiro atoms. The summed E-state index contributed by atoms with van der Waals surface area (Å²) in [6.07, 6.45) is -1.37. The molecule has 1 saturated carbocycles. The van der Waals surface area contributed by atoms with Crippen molar-refractivity contribution in [2.24, 2.45) is 11.8 Å². The molecule has 2 aliphatic heterocycles. The van der Waals surface area contributed by atoms with Crippen LogP contribution in [0.2, 0.25) is 0 Å². The van der Waals surface area contributed by atoms with Crippen LogP contribution in [0.15, 0.2) is 18.2 Å². The molecule has 150 valence electrons. The molecule has 1 N–H and O–H groups in total. The molecule has 9 heteroatoms. The Hall–Kier alpha value is -2.84. The van der Waals surface area contributed by atoms with E-state index in [0.717, 1.165) is 0 Å². The number of halogens is 1. The van der Waals surface area contributed by atoms with Gasteiger partial charge in [0.15, 0.2) is 0 Å². The van der Waals surface area contributed by atoms with Crippen molar-refractivity contribution in [1.82, 2.24) is 10.2 Å². The third kappa shape index (κ3) is 3.25. The fraction of sp³-hybridized carbons (Fsp3) is 0.526. The van der Waals surface area contributed by atoms with Crippen molar-refractivity contribution in [1.29, 1.82) is 0 Å². The number of nitrogens with one attached hydrogen (secondary N) is 1. The lowest BCUT2D eigenvalue weighted by Crippen LogP contribution is -2.33. The standard InChI is InChI=1S/C19H22FN3O5/c1-10(24)21-6-12-7-23(19(26)28-12)11-3-4-13(16(20)5-11)17-14-8-22(9-15(14)17)18(25)27-2/h3-5,12,14-15,17H,6-9H2,1-2H3,(H,21,24)/t12-,14?,15?,17?/m0/s1. The van der Waals surface area contributed by atoms with Crippen molar-refractivity contribution in [3.8, 4) is 0 Å². The number of anilines is 1. The summed E-state index contributed by atoms with van der Waals surface area (Å²) < 4.78 is 24.7. The van der Waals surface area contributed by atoms with Gasteiger partial charge in [-0.1, -0.05) is 6.07 Å². The van der Waals surface area contributed by atoms with Crippen LogP contribution < -0.4 is 10.2 Å². The van der Waals surface area contributed by atoms with Crippen LogP contribution in [0.25, 0.3) is 0 Å². The second-order valence-corrected chi connectivity index (χ2v) is 7.49. The van der Waals surface area contributed by atoms with Crippen molar-refractivity contribution in [3.05, 3.63) is 29.6 Å². The van der Waals surface area contributed by atoms with Crippen LogP contribution in [0.5, 0.6) is 0 Å². The minimum Gasteiger partial charge on any atom is -0.453 e. The Labute approximate surface area is 161 Å². The van der Waals surface area contributed by atoms with Gasteiger partial charge in [0.1, 0.15) is 11.9 Å². The summed E-state index contributed by atoms with van der Waals surface area (Å²) in [5.74, 6) is 0.0229. The number of ether oxygens (including phenoxy) is 2. The van der Waals surface area contributed by atoms with Crippen LogP contribution in [0, 0.1) is 17.7 Å². The maximum absolute atomic E-state index is 14.8. The number of piperidine rings is 1. The number of carbonyl (C=O) groups excluding carboxylic acids is 3. The first-order valence-corrected chi connectivity index (χ1v) is 9.24. The highest BCUT2D eigenvalue weighted by Gasteiger charge is 2.58. The molecule has 2 unspecified atom stereocenters. The fourth-order valence-corrected chi connectivity index (χ4v) is 4.32. The number of nitrogens with zero attached hydrogens (tertiary/aromatic N) is 2. The van der Waals surface area contributed by atoms with Crippen molar-refractivity contribution in [2.45, 2.75) is 18.9 Å². The van der Waals surface area contributed by atoms with Crippen LogP contribution in [-0.2, 0) is 14.3 Å². The first-order valence-electron chi connectivity index (χ1n) is 9.24. The molecule has 28 heavy (non-hydrogen) atoms. The van der Waals surface area contributed by atoms with E-state index in [2.05, 4.69) is 5.32 Å². The lowest BCUT2D eigenvalue weighted by molar-refractivity contribution is -0.119. The Morgan fingerprint density at radius 3 is 2.61 bits per heavy atom. The first kappa shape index (κ1) is 18.5. The number of likely N-dealkylation sites (tertiary alicyclic amines) is 1. The topological polar surface area (TPSA) is 88.2 Å². The lowest BCUT2D eigenvalue weighted by Gasteiger charge is -2.19. The molecule has 3 fully saturated rings. The van der Waals surface area contributed by atoms with E-state index in [1.165, 1.54) is 25.0 Å². The van der Waals surface area contributed by atoms with Gasteiger partial charge in [0.2, 0.25) is 5.91 Å². The monoisotopic (exact) mass is 391 g/mol. The van der Waals surface area contributed by atoms with Gasteiger partial charge in [0, 0.05) is 20.0 Å². The van der Waals surface area contributed by atoms with Crippen LogP contribution >= 0.6 is 0 Å². The molecule has 2 heterocycles. The van der Waals surface area contributed by atoms with Gasteiger partial charge in [-0.2, -0.15) is 0 Å². The Morgan fingerprint density at radius 2 is 2.00 bits per heavy atom. The number of fused-ring (bicyclic) bond motifs is 1. The zero-order valence-corrected chi connectivity index (χ0v) is 15.7. The number of methoxy groups -OCH3 is 1. The Bertz CT molecular complexity index is 820. The number of rotatable bonds is 4. The molecule has 0 bridgehead atoms. The van der Waals surface area contributed by atoms with E-state index in [9.17, 15) is 18.8 Å². The van der Waals surface area contributed by atoms with Crippen molar-refractivity contribution in [3.63, 3.8) is 0 Å². The van der Waals surface area contributed by atoms with Gasteiger partial charge in [-0.05, 0) is 35.4 Å². The van der Waals surface area contributed by atoms with E-state index in [0.29, 0.717) is 24.3 Å². The summed E-state index contributed by atoms with van der Waals surface area (Å²) in [4.78, 5) is 37.7. The van der Waals surface area contributed by atoms with Crippen molar-refractivity contribution >= 4 is 23.8 Å². The highest BCUT2D eigenvalue weighted by Crippen LogP contribution is 2.58. The van der Waals surface area contributed by atoms with Gasteiger partial charge in [-0.25, -0.2) is 14.0 Å². The maximum Gasteiger partial charge on any atom is 0.414 e. The lowest BCUT2D eigenvalue weighted by atomic mass is 10.1. The van der Waals surface area contributed by atoms with E-state index in [1.54, 1.807) is 17.0 Å². The summed E-state index contributed by atoms with van der Waals surface area (Å²) in [7, 11) is 1.35. The zero-order chi connectivity index (χ0) is 20.0. The molecule has 4 rings (SSSR count). The van der Waals surface area contributed by atoms with E-state index < -0.39 is 12.2 Å². The number of hydrogen-bond acceptors (Lipinski definition) is 5. The number of benzene rings is 1. The average Bonchev–Trinajstić information content (AvgIpc) is 3.00. The van der Waals surface area contributed by atoms with Gasteiger partial charge in [-0.15, -0.1) is 0 Å². The summed E-state index contributed by atoms with van der Waals surface area (Å²) in [5, 5.41) is 2.61. The second kappa shape index (κ2) is 6.96. The highest BCUT2D eigenvalue weighted by atomic mass is 19.1. The summed E-state index contributed by atoms with van der Waals surface area (Å²) >= 11 is 0. The number of amides is 3. The molecule has 0 radical (unpaired) electrons. The smallest absolute Gasteiger partial charge is 0.414 e. The minimum absolute atomic E-state index is 0.0907. The first-order chi connectivity index (χ1) is 13.4. The molecular weight excluding hydrogens is 369 g/mol. The van der Waals surface area contributed by atoms with Gasteiger partial charge in [0.25, 0.3) is 0 Å². The van der Waals surface area contributed by atoms with Gasteiger partial charge in [0.05, 0.1) is 25.9 Å². The van der Waals surface area contributed by atoms with E-state index in [4.69, 9.17) is 9.47 Å². The largest absolute Gasteiger partial charge is 0.453 e. The predicted octanol–water partition coefficient (Wildman–Crippen LogP) is 1.70. The van der Waals surface area contributed by atoms with E-state index >= 15 is 0 Å². The summed E-state index contributed by atoms with van der Waals surface area (Å²) in [6, 6.07) is 4.78. The van der Waals surface area contributed by atoms with Crippen LogP contribution in [-0.4, -0.2) is 62.4 Å². The van der Waals surface area contributed by atoms with Gasteiger partial charge < -0.3 is 19.7 Å². The molecule has 3 atom stereocenters. The van der Waals surface area contributed by atoms with Crippen LogP contribution in [0.1, 0.15) is 18.4 Å². The SMILES string of the molecule is COC(=O)N1CC2C(C1)C2c1ccc(N2C[C@H](CNC(C)=O)OC2=O)cc1F. The van der Waals surface area contributed by atoms with Gasteiger partial charge >= 0.3 is 12.2 Å². The number of cyclic esters (lactones) is 1. The molecule has 3 amide bonds. The molecule has 3 aliphatic rings. The minimum atomic E-state index is -0.556. The number of carbonyl (C=O) groups is 3. The highest BCUT2D eigenvalue weighted by molar-refractivity contribution is 5.89. The molecule has 2 saturated heterocycles. The third-order valence-electron chi connectivity index (χ3n) is 5.73. The van der Waals surface area contributed by atoms with E-state index in [-0.39, 0.29) is 48.7 Å². The Kier molecular flexibility index (Phi) is 4.60. The maximum atomic E-state index is 14.8. The Morgan fingerprint density at radius 1 is 1.29 bits per heavy atom. The molecule has 1 aromatic rings. The van der Waals surface area contributed by atoms with Crippen LogP contribution in [0.4, 0.5) is 19.7 Å². The molecular formula is C19H22FN3O5. The summed E-state index contributed by atoms with van der Waals surface area (Å²) in [6.45, 7) is 3.01. The van der Waals surface area contributed by atoms with Crippen molar-refractivity contribution < 1.29 is 28.2 Å². The van der Waals surface area contributed by atoms with E-state index in [1.807, 2.05) is 0 Å². The zero-order valence-electron chi connectivity index (χ0n) is 15.7. The molecule has 8 nitrogen and oxygen atoms in total. The molecule has 1 aliphatic carbocycles. The molecule has 0 aromatic heterocycles. The average molecular weight is 391 g/mol.